The molecule has 0 heterocycles. The molecule has 3 N–H and O–H groups in total. The molecule has 0 spiro atoms. The predicted molar refractivity (Wildman–Crippen MR) is 70.8 cm³/mol. The van der Waals surface area contributed by atoms with Gasteiger partial charge in [-0.25, -0.2) is 0 Å². The zero-order chi connectivity index (χ0) is 12.8. The lowest BCUT2D eigenvalue weighted by Gasteiger charge is -2.18. The van der Waals surface area contributed by atoms with Crippen LogP contribution < -0.4 is 11.1 Å². The summed E-state index contributed by atoms with van der Waals surface area (Å²) in [5, 5.41) is 3.62. The van der Waals surface area contributed by atoms with E-state index in [1.807, 2.05) is 38.1 Å². The molecule has 0 saturated carbocycles. The highest BCUT2D eigenvalue weighted by Crippen LogP contribution is 2.22. The van der Waals surface area contributed by atoms with Gasteiger partial charge in [-0.3, -0.25) is 4.79 Å². The normalized spacial score (nSPS) is 14.1. The third-order valence-corrected chi connectivity index (χ3v) is 3.12. The standard InChI is InChI=1S/C13H19ClN2O/c1-9(7-8-15)13(17)16-10(2)11-5-3-4-6-12(11)14/h3-6,9-10H,7-8,15H2,1-2H3,(H,16,17)/t9?,10-/m1/s1. The van der Waals surface area contributed by atoms with Gasteiger partial charge in [0.25, 0.3) is 0 Å². The van der Waals surface area contributed by atoms with Crippen LogP contribution in [0.25, 0.3) is 0 Å². The van der Waals surface area contributed by atoms with Crippen LogP contribution in [0.3, 0.4) is 0 Å². The van der Waals surface area contributed by atoms with Crippen molar-refractivity contribution in [1.29, 1.82) is 0 Å². The Balaban J connectivity index is 2.63. The molecular formula is C13H19ClN2O. The molecule has 0 aliphatic heterocycles. The lowest BCUT2D eigenvalue weighted by Crippen LogP contribution is -2.32. The Morgan fingerprint density at radius 1 is 1.41 bits per heavy atom. The zero-order valence-electron chi connectivity index (χ0n) is 10.2. The Hall–Kier alpha value is -1.06. The molecule has 1 unspecified atom stereocenters. The van der Waals surface area contributed by atoms with Gasteiger partial charge < -0.3 is 11.1 Å². The molecule has 1 amide bonds. The smallest absolute Gasteiger partial charge is 0.223 e. The number of hydrogen-bond acceptors (Lipinski definition) is 2. The number of amides is 1. The van der Waals surface area contributed by atoms with Crippen LogP contribution in [0, 0.1) is 5.92 Å². The van der Waals surface area contributed by atoms with Crippen molar-refractivity contribution in [3.05, 3.63) is 34.9 Å². The van der Waals surface area contributed by atoms with Gasteiger partial charge in [0.1, 0.15) is 0 Å². The quantitative estimate of drug-likeness (QED) is 0.848. The van der Waals surface area contributed by atoms with E-state index in [0.717, 1.165) is 5.56 Å². The highest BCUT2D eigenvalue weighted by molar-refractivity contribution is 6.31. The fraction of sp³-hybridized carbons (Fsp3) is 0.462. The summed E-state index contributed by atoms with van der Waals surface area (Å²) < 4.78 is 0. The maximum Gasteiger partial charge on any atom is 0.223 e. The molecule has 0 fully saturated rings. The molecule has 2 atom stereocenters. The van der Waals surface area contributed by atoms with Crippen molar-refractivity contribution >= 4 is 17.5 Å². The van der Waals surface area contributed by atoms with Crippen LogP contribution in [0.1, 0.15) is 31.9 Å². The molecule has 1 aromatic rings. The molecule has 0 aliphatic carbocycles. The molecule has 1 rings (SSSR count). The number of carbonyl (C=O) groups excluding carboxylic acids is 1. The van der Waals surface area contributed by atoms with Crippen LogP contribution in [-0.2, 0) is 4.79 Å². The molecule has 3 nitrogen and oxygen atoms in total. The van der Waals surface area contributed by atoms with Crippen molar-refractivity contribution in [1.82, 2.24) is 5.32 Å². The summed E-state index contributed by atoms with van der Waals surface area (Å²) in [5.74, 6) is -0.0483. The van der Waals surface area contributed by atoms with Gasteiger partial charge in [0, 0.05) is 10.9 Å². The van der Waals surface area contributed by atoms with Crippen LogP contribution in [0.5, 0.6) is 0 Å². The number of hydrogen-bond donors (Lipinski definition) is 2. The van der Waals surface area contributed by atoms with Crippen molar-refractivity contribution in [3.8, 4) is 0 Å². The van der Waals surface area contributed by atoms with Crippen molar-refractivity contribution in [3.63, 3.8) is 0 Å². The summed E-state index contributed by atoms with van der Waals surface area (Å²) in [6.07, 6.45) is 0.696. The third kappa shape index (κ3) is 4.02. The largest absolute Gasteiger partial charge is 0.349 e. The van der Waals surface area contributed by atoms with E-state index >= 15 is 0 Å². The molecule has 0 saturated heterocycles. The second-order valence-electron chi connectivity index (χ2n) is 4.23. The van der Waals surface area contributed by atoms with Crippen LogP contribution in [-0.4, -0.2) is 12.5 Å². The van der Waals surface area contributed by atoms with E-state index in [2.05, 4.69) is 5.32 Å². The van der Waals surface area contributed by atoms with Crippen molar-refractivity contribution in [2.24, 2.45) is 11.7 Å². The van der Waals surface area contributed by atoms with Crippen molar-refractivity contribution in [2.75, 3.05) is 6.54 Å². The molecule has 0 bridgehead atoms. The first kappa shape index (κ1) is 14.0. The number of carbonyl (C=O) groups is 1. The fourth-order valence-corrected chi connectivity index (χ4v) is 1.94. The van der Waals surface area contributed by atoms with Gasteiger partial charge in [0.15, 0.2) is 0 Å². The van der Waals surface area contributed by atoms with E-state index in [-0.39, 0.29) is 17.9 Å². The SMILES string of the molecule is CC(CCN)C(=O)N[C@H](C)c1ccccc1Cl. The zero-order valence-corrected chi connectivity index (χ0v) is 11.0. The summed E-state index contributed by atoms with van der Waals surface area (Å²) in [6, 6.07) is 7.44. The Bertz CT molecular complexity index is 381. The third-order valence-electron chi connectivity index (χ3n) is 2.78. The molecule has 17 heavy (non-hydrogen) atoms. The van der Waals surface area contributed by atoms with Gasteiger partial charge in [-0.15, -0.1) is 0 Å². The monoisotopic (exact) mass is 254 g/mol. The molecule has 4 heteroatoms. The molecule has 0 aliphatic rings. The molecule has 94 valence electrons. The van der Waals surface area contributed by atoms with Gasteiger partial charge in [-0.2, -0.15) is 0 Å². The summed E-state index contributed by atoms with van der Waals surface area (Å²) in [5.41, 5.74) is 6.36. The first-order chi connectivity index (χ1) is 8.06. The van der Waals surface area contributed by atoms with Crippen LogP contribution in [0.4, 0.5) is 0 Å². The van der Waals surface area contributed by atoms with Crippen LogP contribution in [0.2, 0.25) is 5.02 Å². The molecule has 0 aromatic heterocycles. The van der Waals surface area contributed by atoms with Crippen LogP contribution >= 0.6 is 11.6 Å². The second-order valence-corrected chi connectivity index (χ2v) is 4.64. The minimum Gasteiger partial charge on any atom is -0.349 e. The van der Waals surface area contributed by atoms with E-state index in [4.69, 9.17) is 17.3 Å². The summed E-state index contributed by atoms with van der Waals surface area (Å²) in [6.45, 7) is 4.32. The predicted octanol–water partition coefficient (Wildman–Crippen LogP) is 2.50. The highest BCUT2D eigenvalue weighted by atomic mass is 35.5. The maximum atomic E-state index is 11.8. The molecular weight excluding hydrogens is 236 g/mol. The minimum absolute atomic E-state index is 0.0165. The Labute approximate surface area is 107 Å². The van der Waals surface area contributed by atoms with E-state index in [1.165, 1.54) is 0 Å². The molecule has 1 aromatic carbocycles. The lowest BCUT2D eigenvalue weighted by molar-refractivity contribution is -0.125. The summed E-state index contributed by atoms with van der Waals surface area (Å²) >= 11 is 6.07. The number of nitrogens with one attached hydrogen (secondary N) is 1. The van der Waals surface area contributed by atoms with Gasteiger partial charge in [0.2, 0.25) is 5.91 Å². The van der Waals surface area contributed by atoms with Gasteiger partial charge in [-0.05, 0) is 31.5 Å². The van der Waals surface area contributed by atoms with Gasteiger partial charge in [-0.1, -0.05) is 36.7 Å². The minimum atomic E-state index is -0.0866. The Morgan fingerprint density at radius 2 is 2.06 bits per heavy atom. The van der Waals surface area contributed by atoms with E-state index in [0.29, 0.717) is 18.0 Å². The Morgan fingerprint density at radius 3 is 2.65 bits per heavy atom. The van der Waals surface area contributed by atoms with Crippen LogP contribution in [0.15, 0.2) is 24.3 Å². The number of halogens is 1. The summed E-state index contributed by atoms with van der Waals surface area (Å²) in [4.78, 5) is 11.8. The second kappa shape index (κ2) is 6.62. The van der Waals surface area contributed by atoms with E-state index in [9.17, 15) is 4.79 Å². The van der Waals surface area contributed by atoms with Gasteiger partial charge >= 0.3 is 0 Å². The highest BCUT2D eigenvalue weighted by Gasteiger charge is 2.16. The number of nitrogens with two attached hydrogens (primary N) is 1. The van der Waals surface area contributed by atoms with E-state index < -0.39 is 0 Å². The average molecular weight is 255 g/mol. The first-order valence-corrected chi connectivity index (χ1v) is 6.19. The lowest BCUT2D eigenvalue weighted by atomic mass is 10.0. The van der Waals surface area contributed by atoms with Crippen molar-refractivity contribution in [2.45, 2.75) is 26.3 Å². The van der Waals surface area contributed by atoms with E-state index in [1.54, 1.807) is 0 Å². The average Bonchev–Trinajstić information content (AvgIpc) is 2.29. The number of rotatable bonds is 5. The molecule has 0 radical (unpaired) electrons. The number of benzene rings is 1. The fourth-order valence-electron chi connectivity index (χ4n) is 1.64. The first-order valence-electron chi connectivity index (χ1n) is 5.81. The van der Waals surface area contributed by atoms with Crippen molar-refractivity contribution < 1.29 is 4.79 Å². The maximum absolute atomic E-state index is 11.8. The summed E-state index contributed by atoms with van der Waals surface area (Å²) in [7, 11) is 0. The van der Waals surface area contributed by atoms with Gasteiger partial charge in [0.05, 0.1) is 6.04 Å². The topological polar surface area (TPSA) is 55.1 Å². The Kier molecular flexibility index (Phi) is 5.45.